The van der Waals surface area contributed by atoms with Gasteiger partial charge in [0.1, 0.15) is 19.3 Å². The molecule has 8 nitrogen and oxygen atoms in total. The lowest BCUT2D eigenvalue weighted by Gasteiger charge is -2.28. The zero-order valence-electron chi connectivity index (χ0n) is 32.2. The zero-order chi connectivity index (χ0) is 35.6. The molecule has 0 aromatic heterocycles. The van der Waals surface area contributed by atoms with Crippen LogP contribution < -0.4 is 4.89 Å². The number of carbonyl (C=O) groups is 1. The monoisotopic (exact) mass is 704 g/mol. The van der Waals surface area contributed by atoms with Gasteiger partial charge in [-0.2, -0.15) is 0 Å². The van der Waals surface area contributed by atoms with Crippen LogP contribution in [-0.4, -0.2) is 70.7 Å². The topological polar surface area (TPSA) is 94.1 Å². The molecule has 0 saturated heterocycles. The van der Waals surface area contributed by atoms with E-state index in [1.54, 1.807) is 0 Å². The molecule has 0 heterocycles. The molecular formula is C39H78NO7P. The van der Waals surface area contributed by atoms with Crippen molar-refractivity contribution in [2.24, 2.45) is 0 Å². The van der Waals surface area contributed by atoms with Crippen molar-refractivity contribution in [1.82, 2.24) is 0 Å². The van der Waals surface area contributed by atoms with Gasteiger partial charge in [0, 0.05) is 13.0 Å². The van der Waals surface area contributed by atoms with Crippen molar-refractivity contribution in [3.05, 3.63) is 12.2 Å². The Morgan fingerprint density at radius 2 is 1.08 bits per heavy atom. The zero-order valence-corrected chi connectivity index (χ0v) is 33.1. The molecule has 0 saturated carbocycles. The maximum Gasteiger partial charge on any atom is 0.306 e. The lowest BCUT2D eigenvalue weighted by molar-refractivity contribution is -0.870. The third-order valence-corrected chi connectivity index (χ3v) is 9.53. The molecule has 0 rings (SSSR count). The van der Waals surface area contributed by atoms with Crippen molar-refractivity contribution in [1.29, 1.82) is 0 Å². The van der Waals surface area contributed by atoms with Gasteiger partial charge in [-0.1, -0.05) is 142 Å². The maximum atomic E-state index is 12.6. The summed E-state index contributed by atoms with van der Waals surface area (Å²) < 4.78 is 34.4. The summed E-state index contributed by atoms with van der Waals surface area (Å²) in [5.74, 6) is -0.338. The van der Waals surface area contributed by atoms with Gasteiger partial charge in [0.25, 0.3) is 7.82 Å². The molecule has 0 radical (unpaired) electrons. The largest absolute Gasteiger partial charge is 0.756 e. The highest BCUT2D eigenvalue weighted by Gasteiger charge is 2.20. The lowest BCUT2D eigenvalue weighted by atomic mass is 10.1. The summed E-state index contributed by atoms with van der Waals surface area (Å²) in [6.07, 6.45) is 33.6. The highest BCUT2D eigenvalue weighted by Crippen LogP contribution is 2.38. The van der Waals surface area contributed by atoms with Gasteiger partial charge in [-0.25, -0.2) is 0 Å². The number of ether oxygens (including phenoxy) is 2. The van der Waals surface area contributed by atoms with E-state index in [1.807, 2.05) is 21.1 Å². The second-order valence-corrected chi connectivity index (χ2v) is 16.1. The molecule has 286 valence electrons. The highest BCUT2D eigenvalue weighted by atomic mass is 31.2. The molecule has 9 heteroatoms. The van der Waals surface area contributed by atoms with Crippen LogP contribution in [0, 0.1) is 0 Å². The second-order valence-electron chi connectivity index (χ2n) is 14.6. The third kappa shape index (κ3) is 36.5. The van der Waals surface area contributed by atoms with E-state index in [1.165, 1.54) is 122 Å². The van der Waals surface area contributed by atoms with E-state index in [2.05, 4.69) is 26.0 Å². The van der Waals surface area contributed by atoms with Gasteiger partial charge in [0.05, 0.1) is 34.4 Å². The quantitative estimate of drug-likeness (QED) is 0.0209. The van der Waals surface area contributed by atoms with E-state index in [0.29, 0.717) is 24.1 Å². The lowest BCUT2D eigenvalue weighted by Crippen LogP contribution is -2.37. The van der Waals surface area contributed by atoms with Crippen LogP contribution in [-0.2, 0) is 27.9 Å². The van der Waals surface area contributed by atoms with Gasteiger partial charge >= 0.3 is 5.97 Å². The molecule has 0 spiro atoms. The molecule has 0 aliphatic rings. The molecule has 0 aliphatic carbocycles. The minimum absolute atomic E-state index is 0.0276. The standard InChI is InChI=1S/C39H78NO7P/c1-6-8-10-12-14-16-17-18-19-20-21-22-23-25-27-29-31-34-44-36-38(37-46-48(42,43)45-35-33-40(3,4)5)47-39(41)32-30-28-26-24-15-13-11-9-7-2/h19-20,38H,6-18,21-37H2,1-5H3/b20-19-. The number of esters is 1. The van der Waals surface area contributed by atoms with Gasteiger partial charge in [0.15, 0.2) is 0 Å². The van der Waals surface area contributed by atoms with E-state index in [9.17, 15) is 14.3 Å². The Hall–Kier alpha value is -0.760. The number of hydrogen-bond donors (Lipinski definition) is 0. The first-order valence-corrected chi connectivity index (χ1v) is 21.4. The van der Waals surface area contributed by atoms with Crippen LogP contribution in [0.25, 0.3) is 0 Å². The molecule has 0 aromatic rings. The van der Waals surface area contributed by atoms with Crippen molar-refractivity contribution in [3.8, 4) is 0 Å². The molecule has 48 heavy (non-hydrogen) atoms. The number of allylic oxidation sites excluding steroid dienone is 2. The third-order valence-electron chi connectivity index (χ3n) is 8.57. The maximum absolute atomic E-state index is 12.6. The Kier molecular flexibility index (Phi) is 32.9. The van der Waals surface area contributed by atoms with Crippen LogP contribution in [0.1, 0.15) is 174 Å². The number of likely N-dealkylation sites (N-methyl/N-ethyl adjacent to an activating group) is 1. The van der Waals surface area contributed by atoms with E-state index in [0.717, 1.165) is 32.1 Å². The molecule has 0 fully saturated rings. The van der Waals surface area contributed by atoms with Gasteiger partial charge in [-0.05, 0) is 38.5 Å². The summed E-state index contributed by atoms with van der Waals surface area (Å²) in [5, 5.41) is 0. The summed E-state index contributed by atoms with van der Waals surface area (Å²) in [6, 6.07) is 0. The van der Waals surface area contributed by atoms with Crippen LogP contribution in [0.2, 0.25) is 0 Å². The molecule has 0 amide bonds. The number of hydrogen-bond acceptors (Lipinski definition) is 7. The summed E-state index contributed by atoms with van der Waals surface area (Å²) >= 11 is 0. The van der Waals surface area contributed by atoms with E-state index in [-0.39, 0.29) is 25.8 Å². The number of nitrogens with zero attached hydrogens (tertiary/aromatic N) is 1. The molecule has 0 bridgehead atoms. The van der Waals surface area contributed by atoms with Crippen LogP contribution in [0.15, 0.2) is 12.2 Å². The van der Waals surface area contributed by atoms with Gasteiger partial charge in [-0.3, -0.25) is 9.36 Å². The highest BCUT2D eigenvalue weighted by molar-refractivity contribution is 7.45. The Bertz CT molecular complexity index is 787. The SMILES string of the molecule is CCCCCCCCC/C=C\CCCCCCCCOCC(COP(=O)([O-])OCC[N+](C)(C)C)OC(=O)CCCCCCCCCCC. The van der Waals surface area contributed by atoms with E-state index < -0.39 is 13.9 Å². The average molecular weight is 704 g/mol. The fourth-order valence-corrected chi connectivity index (χ4v) is 6.15. The van der Waals surface area contributed by atoms with Crippen molar-refractivity contribution >= 4 is 13.8 Å². The predicted molar refractivity (Wildman–Crippen MR) is 199 cm³/mol. The first-order valence-electron chi connectivity index (χ1n) is 19.9. The second kappa shape index (κ2) is 33.4. The molecule has 0 N–H and O–H groups in total. The Morgan fingerprint density at radius 1 is 0.625 bits per heavy atom. The number of phosphoric ester groups is 1. The van der Waals surface area contributed by atoms with Crippen molar-refractivity contribution in [2.75, 3.05) is 54.1 Å². The summed E-state index contributed by atoms with van der Waals surface area (Å²) in [4.78, 5) is 24.9. The van der Waals surface area contributed by atoms with Crippen molar-refractivity contribution in [2.45, 2.75) is 180 Å². The van der Waals surface area contributed by atoms with Gasteiger partial charge in [-0.15, -0.1) is 0 Å². The van der Waals surface area contributed by atoms with Crippen molar-refractivity contribution < 1.29 is 37.3 Å². The molecular weight excluding hydrogens is 625 g/mol. The predicted octanol–water partition coefficient (Wildman–Crippen LogP) is 10.5. The molecule has 2 atom stereocenters. The Morgan fingerprint density at radius 3 is 1.58 bits per heavy atom. The number of quaternary nitrogens is 1. The van der Waals surface area contributed by atoms with E-state index in [4.69, 9.17) is 18.5 Å². The number of unbranched alkanes of at least 4 members (excludes halogenated alkanes) is 21. The van der Waals surface area contributed by atoms with Gasteiger partial charge < -0.3 is 27.9 Å². The summed E-state index contributed by atoms with van der Waals surface area (Å²) in [6.45, 7) is 5.39. The first-order chi connectivity index (χ1) is 23.1. The average Bonchev–Trinajstić information content (AvgIpc) is 3.03. The fraction of sp³-hybridized carbons (Fsp3) is 0.923. The van der Waals surface area contributed by atoms with Crippen LogP contribution in [0.3, 0.4) is 0 Å². The normalized spacial score (nSPS) is 14.0. The molecule has 2 unspecified atom stereocenters. The summed E-state index contributed by atoms with van der Waals surface area (Å²) in [5.41, 5.74) is 0. The first kappa shape index (κ1) is 47.2. The molecule has 0 aromatic carbocycles. The number of rotatable bonds is 37. The number of carbonyl (C=O) groups excluding carboxylic acids is 1. The number of phosphoric acid groups is 1. The minimum atomic E-state index is -4.51. The Labute approximate surface area is 297 Å². The smallest absolute Gasteiger partial charge is 0.306 e. The summed E-state index contributed by atoms with van der Waals surface area (Å²) in [7, 11) is 1.36. The Balaban J connectivity index is 4.21. The van der Waals surface area contributed by atoms with Crippen LogP contribution >= 0.6 is 7.82 Å². The van der Waals surface area contributed by atoms with Crippen LogP contribution in [0.5, 0.6) is 0 Å². The molecule has 0 aliphatic heterocycles. The van der Waals surface area contributed by atoms with Gasteiger partial charge in [0.2, 0.25) is 0 Å². The fourth-order valence-electron chi connectivity index (χ4n) is 5.42. The minimum Gasteiger partial charge on any atom is -0.756 e. The van der Waals surface area contributed by atoms with E-state index >= 15 is 0 Å². The van der Waals surface area contributed by atoms with Crippen LogP contribution in [0.4, 0.5) is 0 Å². The van der Waals surface area contributed by atoms with Crippen molar-refractivity contribution in [3.63, 3.8) is 0 Å².